The van der Waals surface area contributed by atoms with E-state index < -0.39 is 0 Å². The number of hydrogen-bond acceptors (Lipinski definition) is 1. The first-order chi connectivity index (χ1) is 6.83. The van der Waals surface area contributed by atoms with E-state index in [0.717, 1.165) is 12.8 Å². The Morgan fingerprint density at radius 2 is 1.27 bits per heavy atom. The molecule has 0 heterocycles. The molecular weight excluding hydrogens is 250 g/mol. The van der Waals surface area contributed by atoms with E-state index in [1.54, 1.807) is 5.56 Å². The molecule has 0 unspecified atom stereocenters. The van der Waals surface area contributed by atoms with Crippen molar-refractivity contribution in [2.24, 2.45) is 0 Å². The SMILES string of the molecule is CBr.CCc1cccc(CC)c1CC.N. The first-order valence-electron chi connectivity index (χ1n) is 5.30. The molecule has 0 bridgehead atoms. The molecule has 0 fully saturated rings. The highest BCUT2D eigenvalue weighted by atomic mass is 79.9. The van der Waals surface area contributed by atoms with Crippen molar-refractivity contribution in [1.82, 2.24) is 6.15 Å². The van der Waals surface area contributed by atoms with Gasteiger partial charge in [0.2, 0.25) is 0 Å². The molecule has 2 heteroatoms. The van der Waals surface area contributed by atoms with Crippen LogP contribution in [0.4, 0.5) is 0 Å². The molecular formula is C13H24BrN. The van der Waals surface area contributed by atoms with Crippen LogP contribution in [-0.4, -0.2) is 5.83 Å². The summed E-state index contributed by atoms with van der Waals surface area (Å²) in [5.74, 6) is 1.81. The molecule has 1 nitrogen and oxygen atoms in total. The van der Waals surface area contributed by atoms with E-state index in [-0.39, 0.29) is 6.15 Å². The minimum atomic E-state index is 0. The van der Waals surface area contributed by atoms with Crippen LogP contribution in [0, 0.1) is 0 Å². The molecule has 0 aromatic heterocycles. The zero-order valence-electron chi connectivity index (χ0n) is 10.4. The molecule has 1 aromatic carbocycles. The number of alkyl halides is 1. The summed E-state index contributed by atoms with van der Waals surface area (Å²) < 4.78 is 0. The van der Waals surface area contributed by atoms with Gasteiger partial charge in [0.05, 0.1) is 0 Å². The minimum absolute atomic E-state index is 0. The smallest absolute Gasteiger partial charge is 0.00848 e. The second-order valence-corrected chi connectivity index (χ2v) is 3.12. The van der Waals surface area contributed by atoms with E-state index in [9.17, 15) is 0 Å². The number of hydrogen-bond donors (Lipinski definition) is 1. The van der Waals surface area contributed by atoms with Gasteiger partial charge in [0.15, 0.2) is 0 Å². The van der Waals surface area contributed by atoms with Gasteiger partial charge in [-0.3, -0.25) is 0 Å². The lowest BCUT2D eigenvalue weighted by atomic mass is 9.96. The molecule has 0 amide bonds. The highest BCUT2D eigenvalue weighted by Crippen LogP contribution is 2.16. The van der Waals surface area contributed by atoms with Gasteiger partial charge in [0.1, 0.15) is 0 Å². The summed E-state index contributed by atoms with van der Waals surface area (Å²) in [7, 11) is 0. The van der Waals surface area contributed by atoms with Crippen LogP contribution in [0.3, 0.4) is 0 Å². The summed E-state index contributed by atoms with van der Waals surface area (Å²) in [6, 6.07) is 6.67. The van der Waals surface area contributed by atoms with Crippen molar-refractivity contribution in [2.45, 2.75) is 40.0 Å². The molecule has 1 rings (SSSR count). The summed E-state index contributed by atoms with van der Waals surface area (Å²) in [6.07, 6.45) is 3.50. The number of benzene rings is 1. The van der Waals surface area contributed by atoms with Gasteiger partial charge in [-0.25, -0.2) is 0 Å². The van der Waals surface area contributed by atoms with Crippen LogP contribution in [0.1, 0.15) is 37.5 Å². The van der Waals surface area contributed by atoms with E-state index in [2.05, 4.69) is 54.9 Å². The van der Waals surface area contributed by atoms with Gasteiger partial charge < -0.3 is 6.15 Å². The molecule has 0 saturated carbocycles. The molecule has 3 N–H and O–H groups in total. The fourth-order valence-corrected chi connectivity index (χ4v) is 1.80. The highest BCUT2D eigenvalue weighted by Gasteiger charge is 2.02. The topological polar surface area (TPSA) is 35.0 Å². The lowest BCUT2D eigenvalue weighted by Crippen LogP contribution is -1.96. The molecule has 0 atom stereocenters. The number of aryl methyl sites for hydroxylation is 2. The third kappa shape index (κ3) is 4.80. The maximum Gasteiger partial charge on any atom is -0.00848 e. The molecule has 15 heavy (non-hydrogen) atoms. The van der Waals surface area contributed by atoms with Crippen LogP contribution in [0.5, 0.6) is 0 Å². The Balaban J connectivity index is 0. The third-order valence-electron chi connectivity index (χ3n) is 2.49. The lowest BCUT2D eigenvalue weighted by molar-refractivity contribution is 0.981. The average Bonchev–Trinajstić information content (AvgIpc) is 2.30. The number of halogens is 1. The van der Waals surface area contributed by atoms with E-state index in [1.165, 1.54) is 17.5 Å². The molecule has 0 aliphatic carbocycles. The molecule has 0 spiro atoms. The first kappa shape index (κ1) is 17.1. The summed E-state index contributed by atoms with van der Waals surface area (Å²) in [5, 5.41) is 0. The fourth-order valence-electron chi connectivity index (χ4n) is 1.80. The van der Waals surface area contributed by atoms with Gasteiger partial charge in [0, 0.05) is 0 Å². The first-order valence-corrected chi connectivity index (χ1v) is 6.89. The van der Waals surface area contributed by atoms with E-state index >= 15 is 0 Å². The Kier molecular flexibility index (Phi) is 11.6. The Labute approximate surface area is 103 Å². The quantitative estimate of drug-likeness (QED) is 0.806. The highest BCUT2D eigenvalue weighted by molar-refractivity contribution is 9.08. The Morgan fingerprint density at radius 1 is 0.867 bits per heavy atom. The van der Waals surface area contributed by atoms with Crippen LogP contribution in [0.2, 0.25) is 0 Å². The van der Waals surface area contributed by atoms with Gasteiger partial charge in [0.25, 0.3) is 0 Å². The summed E-state index contributed by atoms with van der Waals surface area (Å²) in [5.41, 5.74) is 4.62. The average molecular weight is 274 g/mol. The van der Waals surface area contributed by atoms with Crippen molar-refractivity contribution in [3.8, 4) is 0 Å². The summed E-state index contributed by atoms with van der Waals surface area (Å²) >= 11 is 2.94. The molecule has 0 aliphatic heterocycles. The predicted octanol–water partition coefficient (Wildman–Crippen LogP) is 4.55. The lowest BCUT2D eigenvalue weighted by Gasteiger charge is -2.10. The van der Waals surface area contributed by atoms with Gasteiger partial charge in [-0.15, -0.1) is 0 Å². The van der Waals surface area contributed by atoms with Crippen molar-refractivity contribution < 1.29 is 0 Å². The van der Waals surface area contributed by atoms with E-state index in [1.807, 2.05) is 5.83 Å². The molecule has 0 radical (unpaired) electrons. The molecule has 0 aliphatic rings. The van der Waals surface area contributed by atoms with Crippen molar-refractivity contribution >= 4 is 15.9 Å². The maximum absolute atomic E-state index is 2.94. The zero-order valence-corrected chi connectivity index (χ0v) is 12.0. The van der Waals surface area contributed by atoms with Crippen LogP contribution >= 0.6 is 15.9 Å². The predicted molar refractivity (Wildman–Crippen MR) is 74.4 cm³/mol. The van der Waals surface area contributed by atoms with Gasteiger partial charge in [-0.2, -0.15) is 0 Å². The second-order valence-electron chi connectivity index (χ2n) is 3.12. The largest absolute Gasteiger partial charge is 0.344 e. The Hall–Kier alpha value is -0.340. The van der Waals surface area contributed by atoms with E-state index in [0.29, 0.717) is 0 Å². The summed E-state index contributed by atoms with van der Waals surface area (Å²) in [6.45, 7) is 6.70. The van der Waals surface area contributed by atoms with Crippen molar-refractivity contribution in [3.05, 3.63) is 34.9 Å². The van der Waals surface area contributed by atoms with Crippen molar-refractivity contribution in [3.63, 3.8) is 0 Å². The minimum Gasteiger partial charge on any atom is -0.344 e. The van der Waals surface area contributed by atoms with Crippen LogP contribution < -0.4 is 6.15 Å². The van der Waals surface area contributed by atoms with Crippen LogP contribution in [0.15, 0.2) is 18.2 Å². The van der Waals surface area contributed by atoms with Gasteiger partial charge >= 0.3 is 0 Å². The molecule has 0 saturated heterocycles. The number of rotatable bonds is 3. The van der Waals surface area contributed by atoms with Crippen LogP contribution in [-0.2, 0) is 19.3 Å². The summed E-state index contributed by atoms with van der Waals surface area (Å²) in [4.78, 5) is 0. The normalized spacial score (nSPS) is 8.60. The van der Waals surface area contributed by atoms with Crippen molar-refractivity contribution in [2.75, 3.05) is 5.83 Å². The van der Waals surface area contributed by atoms with Gasteiger partial charge in [-0.1, -0.05) is 54.9 Å². The second kappa shape index (κ2) is 10.2. The van der Waals surface area contributed by atoms with Crippen molar-refractivity contribution in [1.29, 1.82) is 0 Å². The molecule has 88 valence electrons. The maximum atomic E-state index is 2.94. The monoisotopic (exact) mass is 273 g/mol. The fraction of sp³-hybridized carbons (Fsp3) is 0.538. The molecule has 1 aromatic rings. The van der Waals surface area contributed by atoms with Gasteiger partial charge in [-0.05, 0) is 41.8 Å². The standard InChI is InChI=1S/C12H18.CH3Br.H3N/c1-4-10-8-7-9-11(5-2)12(10)6-3;1-2;/h7-9H,4-6H2,1-3H3;1H3;1H3. The van der Waals surface area contributed by atoms with Crippen LogP contribution in [0.25, 0.3) is 0 Å². The van der Waals surface area contributed by atoms with E-state index in [4.69, 9.17) is 0 Å². The Bertz CT molecular complexity index is 236. The Morgan fingerprint density at radius 3 is 1.53 bits per heavy atom. The zero-order chi connectivity index (χ0) is 11.0. The third-order valence-corrected chi connectivity index (χ3v) is 2.49.